The molecule has 0 aliphatic heterocycles. The number of hydrogen-bond acceptors (Lipinski definition) is 4. The van der Waals surface area contributed by atoms with E-state index in [1.165, 1.54) is 42.5 Å². The lowest BCUT2D eigenvalue weighted by atomic mass is 10.1. The number of sulfonamides is 1. The van der Waals surface area contributed by atoms with E-state index in [-0.39, 0.29) is 21.9 Å². The van der Waals surface area contributed by atoms with E-state index < -0.39 is 22.1 Å². The number of rotatable bonds is 3. The second-order valence-corrected chi connectivity index (χ2v) is 7.27. The van der Waals surface area contributed by atoms with Crippen LogP contribution in [0, 0.1) is 0 Å². The van der Waals surface area contributed by atoms with E-state index in [0.29, 0.717) is 10.6 Å². The lowest BCUT2D eigenvalue weighted by molar-refractivity contribution is -0.156. The monoisotopic (exact) mass is 402 g/mol. The number of oxazole rings is 1. The molecule has 0 radical (unpaired) electrons. The maximum absolute atomic E-state index is 13.1. The molecule has 0 spiro atoms. The second kappa shape index (κ2) is 6.42. The predicted molar refractivity (Wildman–Crippen MR) is 88.8 cm³/mol. The maximum atomic E-state index is 13.1. The van der Waals surface area contributed by atoms with Gasteiger partial charge in [-0.15, -0.1) is 0 Å². The van der Waals surface area contributed by atoms with Gasteiger partial charge in [0, 0.05) is 16.1 Å². The van der Waals surface area contributed by atoms with Crippen LogP contribution in [0.4, 0.5) is 13.2 Å². The van der Waals surface area contributed by atoms with Gasteiger partial charge in [0.25, 0.3) is 0 Å². The Morgan fingerprint density at radius 2 is 1.69 bits per heavy atom. The molecular formula is C16H10ClF3N2O3S. The molecule has 0 unspecified atom stereocenters. The Morgan fingerprint density at radius 1 is 1.04 bits per heavy atom. The number of halogens is 4. The summed E-state index contributed by atoms with van der Waals surface area (Å²) in [6.45, 7) is 0. The van der Waals surface area contributed by atoms with Crippen molar-refractivity contribution in [2.45, 2.75) is 11.1 Å². The highest BCUT2D eigenvalue weighted by atomic mass is 35.5. The minimum Gasteiger partial charge on any atom is -0.432 e. The number of primary sulfonamides is 1. The zero-order valence-electron chi connectivity index (χ0n) is 12.8. The Kier molecular flexibility index (Phi) is 4.55. The quantitative estimate of drug-likeness (QED) is 0.706. The van der Waals surface area contributed by atoms with Crippen molar-refractivity contribution in [1.29, 1.82) is 0 Å². The van der Waals surface area contributed by atoms with Crippen molar-refractivity contribution < 1.29 is 26.0 Å². The first-order valence-electron chi connectivity index (χ1n) is 7.03. The van der Waals surface area contributed by atoms with Crippen molar-refractivity contribution in [3.8, 4) is 22.6 Å². The molecule has 1 heterocycles. The Hall–Kier alpha value is -2.36. The van der Waals surface area contributed by atoms with Crippen LogP contribution in [0.1, 0.15) is 5.89 Å². The Bertz CT molecular complexity index is 1060. The lowest BCUT2D eigenvalue weighted by Gasteiger charge is -2.04. The SMILES string of the molecule is NS(=O)(=O)c1cccc(-c2nc(C(F)(F)F)oc2-c2ccc(Cl)cc2)c1. The molecule has 0 saturated heterocycles. The summed E-state index contributed by atoms with van der Waals surface area (Å²) in [6.07, 6.45) is -4.81. The van der Waals surface area contributed by atoms with Crippen LogP contribution in [0.2, 0.25) is 5.02 Å². The summed E-state index contributed by atoms with van der Waals surface area (Å²) in [7, 11) is -4.04. The van der Waals surface area contributed by atoms with Gasteiger partial charge in [-0.2, -0.15) is 13.2 Å². The van der Waals surface area contributed by atoms with Crippen LogP contribution in [0.5, 0.6) is 0 Å². The first-order chi connectivity index (χ1) is 12.1. The van der Waals surface area contributed by atoms with Crippen LogP contribution >= 0.6 is 11.6 Å². The van der Waals surface area contributed by atoms with Gasteiger partial charge in [0.05, 0.1) is 4.90 Å². The van der Waals surface area contributed by atoms with E-state index >= 15 is 0 Å². The zero-order valence-corrected chi connectivity index (χ0v) is 14.4. The zero-order chi connectivity index (χ0) is 19.1. The van der Waals surface area contributed by atoms with E-state index in [1.54, 1.807) is 0 Å². The molecule has 0 fully saturated rings. The molecule has 0 aliphatic carbocycles. The van der Waals surface area contributed by atoms with Crippen LogP contribution in [0.15, 0.2) is 57.8 Å². The third kappa shape index (κ3) is 3.74. The molecule has 2 aromatic carbocycles. The molecule has 0 bridgehead atoms. The topological polar surface area (TPSA) is 86.2 Å². The van der Waals surface area contributed by atoms with Crippen LogP contribution in [-0.4, -0.2) is 13.4 Å². The first kappa shape index (κ1) is 18.4. The van der Waals surface area contributed by atoms with Crippen molar-refractivity contribution in [3.63, 3.8) is 0 Å². The van der Waals surface area contributed by atoms with E-state index in [0.717, 1.165) is 6.07 Å². The highest BCUT2D eigenvalue weighted by Crippen LogP contribution is 2.39. The number of alkyl halides is 3. The molecule has 136 valence electrons. The Balaban J connectivity index is 2.23. The molecule has 5 nitrogen and oxygen atoms in total. The molecule has 3 rings (SSSR count). The standard InChI is InChI=1S/C16H10ClF3N2O3S/c17-11-6-4-9(5-7-11)14-13(22-15(25-14)16(18,19)20)10-2-1-3-12(8-10)26(21,23)24/h1-8H,(H2,21,23,24). The Labute approximate surface area is 151 Å². The maximum Gasteiger partial charge on any atom is 0.468 e. The minimum atomic E-state index is -4.81. The average Bonchev–Trinajstić information content (AvgIpc) is 3.00. The molecule has 2 N–H and O–H groups in total. The third-order valence-electron chi connectivity index (χ3n) is 3.41. The molecule has 10 heteroatoms. The normalized spacial score (nSPS) is 12.3. The molecule has 0 atom stereocenters. The number of nitrogens with two attached hydrogens (primary N) is 1. The fourth-order valence-electron chi connectivity index (χ4n) is 2.25. The molecule has 26 heavy (non-hydrogen) atoms. The van der Waals surface area contributed by atoms with E-state index in [4.69, 9.17) is 21.2 Å². The van der Waals surface area contributed by atoms with Crippen LogP contribution in [0.3, 0.4) is 0 Å². The van der Waals surface area contributed by atoms with Gasteiger partial charge in [0.1, 0.15) is 5.69 Å². The third-order valence-corrected chi connectivity index (χ3v) is 4.58. The second-order valence-electron chi connectivity index (χ2n) is 5.27. The first-order valence-corrected chi connectivity index (χ1v) is 8.95. The van der Waals surface area contributed by atoms with Gasteiger partial charge in [0.15, 0.2) is 5.76 Å². The van der Waals surface area contributed by atoms with Gasteiger partial charge < -0.3 is 4.42 Å². The largest absolute Gasteiger partial charge is 0.468 e. The van der Waals surface area contributed by atoms with Crippen LogP contribution in [0.25, 0.3) is 22.6 Å². The van der Waals surface area contributed by atoms with Crippen molar-refractivity contribution in [3.05, 3.63) is 59.4 Å². The van der Waals surface area contributed by atoms with Crippen molar-refractivity contribution >= 4 is 21.6 Å². The fourth-order valence-corrected chi connectivity index (χ4v) is 2.94. The van der Waals surface area contributed by atoms with Crippen molar-refractivity contribution in [1.82, 2.24) is 4.98 Å². The van der Waals surface area contributed by atoms with E-state index in [2.05, 4.69) is 4.98 Å². The van der Waals surface area contributed by atoms with Gasteiger partial charge in [-0.3, -0.25) is 0 Å². The molecule has 0 aliphatic rings. The predicted octanol–water partition coefficient (Wildman–Crippen LogP) is 4.33. The van der Waals surface area contributed by atoms with Gasteiger partial charge in [-0.05, 0) is 36.4 Å². The van der Waals surface area contributed by atoms with Crippen molar-refractivity contribution in [2.75, 3.05) is 0 Å². The molecular weight excluding hydrogens is 393 g/mol. The summed E-state index contributed by atoms with van der Waals surface area (Å²) in [4.78, 5) is 3.26. The lowest BCUT2D eigenvalue weighted by Crippen LogP contribution is -2.12. The highest BCUT2D eigenvalue weighted by molar-refractivity contribution is 7.89. The average molecular weight is 403 g/mol. The van der Waals surface area contributed by atoms with Crippen LogP contribution in [-0.2, 0) is 16.2 Å². The summed E-state index contributed by atoms with van der Waals surface area (Å²) in [5.41, 5.74) is 0.249. The van der Waals surface area contributed by atoms with E-state index in [9.17, 15) is 21.6 Å². The van der Waals surface area contributed by atoms with Crippen molar-refractivity contribution in [2.24, 2.45) is 5.14 Å². The van der Waals surface area contributed by atoms with Gasteiger partial charge in [-0.25, -0.2) is 18.5 Å². The summed E-state index contributed by atoms with van der Waals surface area (Å²) in [5, 5.41) is 5.47. The van der Waals surface area contributed by atoms with Gasteiger partial charge >= 0.3 is 12.1 Å². The minimum absolute atomic E-state index is 0.112. The summed E-state index contributed by atoms with van der Waals surface area (Å²) in [5.74, 6) is -1.61. The van der Waals surface area contributed by atoms with Crippen LogP contribution < -0.4 is 5.14 Å². The number of hydrogen-bond donors (Lipinski definition) is 1. The fraction of sp³-hybridized carbons (Fsp3) is 0.0625. The van der Waals surface area contributed by atoms with E-state index in [1.807, 2.05) is 0 Å². The number of benzene rings is 2. The van der Waals surface area contributed by atoms with Gasteiger partial charge in [-0.1, -0.05) is 23.7 Å². The molecule has 3 aromatic rings. The summed E-state index contributed by atoms with van der Waals surface area (Å²) in [6, 6.07) is 11.0. The molecule has 1 aromatic heterocycles. The Morgan fingerprint density at radius 3 is 2.27 bits per heavy atom. The summed E-state index contributed by atoms with van der Waals surface area (Å²) >= 11 is 5.80. The smallest absolute Gasteiger partial charge is 0.432 e. The highest BCUT2D eigenvalue weighted by Gasteiger charge is 2.39. The molecule has 0 saturated carbocycles. The summed E-state index contributed by atoms with van der Waals surface area (Å²) < 4.78 is 67.1. The van der Waals surface area contributed by atoms with Gasteiger partial charge in [0.2, 0.25) is 10.0 Å². The molecule has 0 amide bonds. The number of aromatic nitrogens is 1. The number of nitrogens with zero attached hydrogens (tertiary/aromatic N) is 1.